The lowest BCUT2D eigenvalue weighted by Gasteiger charge is -2.20. The van der Waals surface area contributed by atoms with Crippen molar-refractivity contribution in [1.29, 1.82) is 0 Å². The second-order valence-corrected chi connectivity index (χ2v) is 5.87. The third kappa shape index (κ3) is 4.05. The van der Waals surface area contributed by atoms with Crippen LogP contribution >= 0.6 is 0 Å². The number of benzene rings is 1. The Morgan fingerprint density at radius 2 is 1.81 bits per heavy atom. The summed E-state index contributed by atoms with van der Waals surface area (Å²) in [6.07, 6.45) is -0.583. The molecule has 0 spiro atoms. The predicted molar refractivity (Wildman–Crippen MR) is 78.3 cm³/mol. The minimum absolute atomic E-state index is 0.0437. The molecule has 1 aromatic carbocycles. The zero-order valence-electron chi connectivity index (χ0n) is 12.3. The molecular weight excluding hydrogens is 272 g/mol. The van der Waals surface area contributed by atoms with Crippen molar-refractivity contribution in [2.45, 2.75) is 32.8 Å². The van der Waals surface area contributed by atoms with Gasteiger partial charge in [-0.15, -0.1) is 0 Å². The van der Waals surface area contributed by atoms with E-state index >= 15 is 0 Å². The first-order chi connectivity index (χ1) is 9.74. The molecule has 0 aromatic heterocycles. The van der Waals surface area contributed by atoms with E-state index in [9.17, 15) is 14.4 Å². The van der Waals surface area contributed by atoms with Gasteiger partial charge in [0.2, 0.25) is 5.91 Å². The van der Waals surface area contributed by atoms with E-state index in [0.29, 0.717) is 11.4 Å². The highest BCUT2D eigenvalue weighted by atomic mass is 16.6. The summed E-state index contributed by atoms with van der Waals surface area (Å²) in [6, 6.07) is 6.69. The van der Waals surface area contributed by atoms with Crippen LogP contribution in [0.5, 0.6) is 0 Å². The topological polar surface area (TPSA) is 75.7 Å². The van der Waals surface area contributed by atoms with Crippen LogP contribution in [0.25, 0.3) is 0 Å². The summed E-state index contributed by atoms with van der Waals surface area (Å²) in [7, 11) is 0. The molecule has 21 heavy (non-hydrogen) atoms. The van der Waals surface area contributed by atoms with Gasteiger partial charge in [0, 0.05) is 11.4 Å². The molecule has 0 bridgehead atoms. The molecule has 0 atom stereocenters. The van der Waals surface area contributed by atoms with E-state index in [-0.39, 0.29) is 24.7 Å². The van der Waals surface area contributed by atoms with Crippen LogP contribution < -0.4 is 10.2 Å². The quantitative estimate of drug-likeness (QED) is 0.848. The summed E-state index contributed by atoms with van der Waals surface area (Å²) in [5, 5.41) is 2.60. The van der Waals surface area contributed by atoms with Crippen molar-refractivity contribution in [3.63, 3.8) is 0 Å². The third-order valence-corrected chi connectivity index (χ3v) is 2.81. The number of nitrogens with zero attached hydrogens (tertiary/aromatic N) is 1. The maximum absolute atomic E-state index is 11.6. The number of ether oxygens (including phenoxy) is 1. The van der Waals surface area contributed by atoms with Crippen LogP contribution in [0, 0.1) is 0 Å². The molecule has 112 valence electrons. The number of Topliss-reactive ketones (excluding diaryl/α,β-unsaturated/α-hetero) is 1. The highest BCUT2D eigenvalue weighted by molar-refractivity contribution is 6.15. The SMILES string of the molecule is CC(C)(C)OC(=O)Nc1ccc(N2CC(=O)CC2=O)cc1. The van der Waals surface area contributed by atoms with Crippen molar-refractivity contribution < 1.29 is 19.1 Å². The Labute approximate surface area is 123 Å². The fourth-order valence-electron chi connectivity index (χ4n) is 1.97. The number of hydrogen-bond donors (Lipinski definition) is 1. The van der Waals surface area contributed by atoms with Gasteiger partial charge in [-0.25, -0.2) is 4.79 Å². The first-order valence-corrected chi connectivity index (χ1v) is 6.67. The second kappa shape index (κ2) is 5.55. The van der Waals surface area contributed by atoms with E-state index in [1.165, 1.54) is 4.90 Å². The summed E-state index contributed by atoms with van der Waals surface area (Å²) in [5.74, 6) is -0.288. The van der Waals surface area contributed by atoms with Crippen molar-refractivity contribution in [2.75, 3.05) is 16.8 Å². The van der Waals surface area contributed by atoms with Crippen molar-refractivity contribution in [3.05, 3.63) is 24.3 Å². The van der Waals surface area contributed by atoms with Crippen LogP contribution in [0.1, 0.15) is 27.2 Å². The van der Waals surface area contributed by atoms with Crippen LogP contribution in [0.3, 0.4) is 0 Å². The molecule has 1 aliphatic rings. The molecule has 0 saturated carbocycles. The molecule has 1 fully saturated rings. The van der Waals surface area contributed by atoms with E-state index in [1.54, 1.807) is 45.0 Å². The minimum atomic E-state index is -0.563. The summed E-state index contributed by atoms with van der Waals surface area (Å²) in [4.78, 5) is 35.9. The molecular formula is C15H18N2O4. The van der Waals surface area contributed by atoms with E-state index in [0.717, 1.165) is 0 Å². The van der Waals surface area contributed by atoms with Gasteiger partial charge in [-0.05, 0) is 45.0 Å². The molecule has 0 unspecified atom stereocenters. The van der Waals surface area contributed by atoms with Gasteiger partial charge in [0.05, 0.1) is 13.0 Å². The minimum Gasteiger partial charge on any atom is -0.444 e. The molecule has 1 aliphatic heterocycles. The fourth-order valence-corrected chi connectivity index (χ4v) is 1.97. The van der Waals surface area contributed by atoms with Crippen molar-refractivity contribution in [1.82, 2.24) is 0 Å². The summed E-state index contributed by atoms with van der Waals surface area (Å²) in [6.45, 7) is 5.46. The number of rotatable bonds is 2. The molecule has 1 N–H and O–H groups in total. The predicted octanol–water partition coefficient (Wildman–Crippen LogP) is 2.34. The zero-order chi connectivity index (χ0) is 15.6. The van der Waals surface area contributed by atoms with Gasteiger partial charge in [0.25, 0.3) is 0 Å². The van der Waals surface area contributed by atoms with Crippen molar-refractivity contribution in [2.24, 2.45) is 0 Å². The van der Waals surface area contributed by atoms with E-state index < -0.39 is 11.7 Å². The van der Waals surface area contributed by atoms with Crippen LogP contribution in [0.15, 0.2) is 24.3 Å². The summed E-state index contributed by atoms with van der Waals surface area (Å²) < 4.78 is 5.14. The molecule has 2 rings (SSSR count). The highest BCUT2D eigenvalue weighted by Gasteiger charge is 2.28. The Balaban J connectivity index is 2.01. The molecule has 1 saturated heterocycles. The lowest BCUT2D eigenvalue weighted by molar-refractivity contribution is -0.121. The second-order valence-electron chi connectivity index (χ2n) is 5.87. The first-order valence-electron chi connectivity index (χ1n) is 6.67. The molecule has 1 aromatic rings. The van der Waals surface area contributed by atoms with Gasteiger partial charge < -0.3 is 9.64 Å². The van der Waals surface area contributed by atoms with E-state index in [1.807, 2.05) is 0 Å². The number of carbonyl (C=O) groups is 3. The van der Waals surface area contributed by atoms with Gasteiger partial charge in [-0.3, -0.25) is 14.9 Å². The number of nitrogens with one attached hydrogen (secondary N) is 1. The van der Waals surface area contributed by atoms with Gasteiger partial charge in [-0.2, -0.15) is 0 Å². The molecule has 6 heteroatoms. The Kier molecular flexibility index (Phi) is 3.97. The molecule has 2 amide bonds. The lowest BCUT2D eigenvalue weighted by Crippen LogP contribution is -2.27. The van der Waals surface area contributed by atoms with Gasteiger partial charge in [0.15, 0.2) is 5.78 Å². The molecule has 1 heterocycles. The number of amides is 2. The normalized spacial score (nSPS) is 15.3. The zero-order valence-corrected chi connectivity index (χ0v) is 12.3. The van der Waals surface area contributed by atoms with E-state index in [2.05, 4.69) is 5.32 Å². The fraction of sp³-hybridized carbons (Fsp3) is 0.400. The monoisotopic (exact) mass is 290 g/mol. The molecule has 0 aliphatic carbocycles. The average Bonchev–Trinajstić information content (AvgIpc) is 2.67. The number of carbonyl (C=O) groups excluding carboxylic acids is 3. The van der Waals surface area contributed by atoms with Crippen LogP contribution in [0.2, 0.25) is 0 Å². The Hall–Kier alpha value is -2.37. The van der Waals surface area contributed by atoms with Crippen molar-refractivity contribution in [3.8, 4) is 0 Å². The first kappa shape index (κ1) is 15.0. The van der Waals surface area contributed by atoms with Gasteiger partial charge in [0.1, 0.15) is 5.60 Å². The van der Waals surface area contributed by atoms with E-state index in [4.69, 9.17) is 4.74 Å². The highest BCUT2D eigenvalue weighted by Crippen LogP contribution is 2.22. The number of ketones is 1. The summed E-state index contributed by atoms with van der Waals surface area (Å²) >= 11 is 0. The van der Waals surface area contributed by atoms with Crippen LogP contribution in [-0.4, -0.2) is 29.9 Å². The Morgan fingerprint density at radius 3 is 2.29 bits per heavy atom. The van der Waals surface area contributed by atoms with Crippen molar-refractivity contribution >= 4 is 29.2 Å². The van der Waals surface area contributed by atoms with Gasteiger partial charge in [-0.1, -0.05) is 0 Å². The standard InChI is InChI=1S/C15H18N2O4/c1-15(2,3)21-14(20)16-10-4-6-11(7-5-10)17-9-12(18)8-13(17)19/h4-7H,8-9H2,1-3H3,(H,16,20). The molecule has 0 radical (unpaired) electrons. The maximum Gasteiger partial charge on any atom is 0.412 e. The van der Waals surface area contributed by atoms with Crippen LogP contribution in [-0.2, 0) is 14.3 Å². The Bertz CT molecular complexity index is 572. The largest absolute Gasteiger partial charge is 0.444 e. The number of hydrogen-bond acceptors (Lipinski definition) is 4. The number of anilines is 2. The Morgan fingerprint density at radius 1 is 1.19 bits per heavy atom. The average molecular weight is 290 g/mol. The summed E-state index contributed by atoms with van der Waals surface area (Å²) in [5.41, 5.74) is 0.637. The smallest absolute Gasteiger partial charge is 0.412 e. The maximum atomic E-state index is 11.6. The van der Waals surface area contributed by atoms with Gasteiger partial charge >= 0.3 is 6.09 Å². The van der Waals surface area contributed by atoms with Crippen LogP contribution in [0.4, 0.5) is 16.2 Å². The third-order valence-electron chi connectivity index (χ3n) is 2.81. The lowest BCUT2D eigenvalue weighted by atomic mass is 10.2. The molecule has 6 nitrogen and oxygen atoms in total.